The molecule has 0 fully saturated rings. The molecule has 2 atom stereocenters. The van der Waals surface area contributed by atoms with Crippen LogP contribution in [0.1, 0.15) is 52.9 Å². The first kappa shape index (κ1) is 30.3. The Balaban J connectivity index is 2.14. The van der Waals surface area contributed by atoms with Gasteiger partial charge in [0, 0.05) is 21.1 Å². The van der Waals surface area contributed by atoms with Crippen LogP contribution in [0.2, 0.25) is 5.02 Å². The topological polar surface area (TPSA) is 104 Å². The van der Waals surface area contributed by atoms with Crippen molar-refractivity contribution >= 4 is 61.8 Å². The molecule has 7 nitrogen and oxygen atoms in total. The Morgan fingerprint density at radius 2 is 1.75 bits per heavy atom. The number of carboxylic acids is 1. The molecule has 0 aliphatic rings. The van der Waals surface area contributed by atoms with Gasteiger partial charge in [0.25, 0.3) is 10.0 Å². The second-order valence-corrected chi connectivity index (χ2v) is 12.5. The molecule has 0 spiro atoms. The number of carboxylic acid groups (broad SMARTS) is 1. The van der Waals surface area contributed by atoms with Gasteiger partial charge in [-0.3, -0.25) is 9.10 Å². The molecule has 1 amide bonds. The van der Waals surface area contributed by atoms with E-state index in [2.05, 4.69) is 5.32 Å². The molecule has 0 saturated carbocycles. The van der Waals surface area contributed by atoms with Crippen LogP contribution in [0.3, 0.4) is 0 Å². The van der Waals surface area contributed by atoms with E-state index >= 15 is 0 Å². The van der Waals surface area contributed by atoms with Gasteiger partial charge in [0.05, 0.1) is 10.6 Å². The summed E-state index contributed by atoms with van der Waals surface area (Å²) in [6, 6.07) is 8.39. The van der Waals surface area contributed by atoms with Gasteiger partial charge in [0.2, 0.25) is 5.91 Å². The molecule has 11 heteroatoms. The number of aliphatic carboxylic acids is 1. The summed E-state index contributed by atoms with van der Waals surface area (Å²) in [4.78, 5) is 23.6. The number of nitrogens with zero attached hydrogens (tertiary/aromatic N) is 1. The van der Waals surface area contributed by atoms with Crippen LogP contribution in [-0.4, -0.2) is 37.5 Å². The molecule has 2 N–H and O–H groups in total. The smallest absolute Gasteiger partial charge is 0.326 e. The van der Waals surface area contributed by atoms with E-state index in [4.69, 9.17) is 11.6 Å². The van der Waals surface area contributed by atoms with Gasteiger partial charge in [0.1, 0.15) is 11.9 Å². The maximum absolute atomic E-state index is 14.8. The first-order chi connectivity index (χ1) is 16.8. The highest BCUT2D eigenvalue weighted by Gasteiger charge is 2.31. The molecule has 0 radical (unpaired) electrons. The molecule has 2 unspecified atom stereocenters. The largest absolute Gasteiger partial charge is 0.480 e. The summed E-state index contributed by atoms with van der Waals surface area (Å²) in [5.41, 5.74) is -0.0555. The van der Waals surface area contributed by atoms with E-state index < -0.39 is 33.9 Å². The Labute approximate surface area is 230 Å². The van der Waals surface area contributed by atoms with Crippen molar-refractivity contribution in [3.63, 3.8) is 0 Å². The monoisotopic (exact) mass is 652 g/mol. The second-order valence-electron chi connectivity index (χ2n) is 9.03. The van der Waals surface area contributed by atoms with Crippen molar-refractivity contribution in [3.8, 4) is 0 Å². The minimum absolute atomic E-state index is 0.0127. The van der Waals surface area contributed by atoms with Gasteiger partial charge in [0.15, 0.2) is 0 Å². The minimum atomic E-state index is -4.11. The molecule has 0 saturated heterocycles. The zero-order valence-electron chi connectivity index (χ0n) is 20.4. The number of unbranched alkanes of at least 4 members (excludes halogenated alkanes) is 1. The lowest BCUT2D eigenvalue weighted by Crippen LogP contribution is -2.41. The van der Waals surface area contributed by atoms with E-state index in [0.29, 0.717) is 34.3 Å². The Kier molecular flexibility index (Phi) is 11.4. The molecule has 0 heterocycles. The number of hydrogen-bond acceptors (Lipinski definition) is 4. The molecule has 0 aliphatic carbocycles. The van der Waals surface area contributed by atoms with Crippen molar-refractivity contribution in [2.45, 2.75) is 69.9 Å². The molecule has 2 aromatic carbocycles. The summed E-state index contributed by atoms with van der Waals surface area (Å²) in [6.45, 7) is 5.45. The second kappa shape index (κ2) is 13.6. The summed E-state index contributed by atoms with van der Waals surface area (Å²) in [6.07, 6.45) is 1.70. The molecule has 2 aromatic rings. The van der Waals surface area contributed by atoms with E-state index in [1.807, 2.05) is 36.4 Å². The number of benzene rings is 2. The van der Waals surface area contributed by atoms with Crippen molar-refractivity contribution in [1.82, 2.24) is 5.32 Å². The Bertz CT molecular complexity index is 1160. The third-order valence-corrected chi connectivity index (χ3v) is 8.40. The summed E-state index contributed by atoms with van der Waals surface area (Å²) >= 11 is 7.91. The number of halogens is 3. The van der Waals surface area contributed by atoms with Crippen molar-refractivity contribution < 1.29 is 27.5 Å². The van der Waals surface area contributed by atoms with E-state index in [1.54, 1.807) is 13.0 Å². The van der Waals surface area contributed by atoms with Gasteiger partial charge in [-0.25, -0.2) is 17.6 Å². The lowest BCUT2D eigenvalue weighted by Gasteiger charge is -2.31. The first-order valence-corrected chi connectivity index (χ1v) is 14.5. The van der Waals surface area contributed by atoms with Crippen LogP contribution < -0.4 is 9.62 Å². The number of amides is 1. The van der Waals surface area contributed by atoms with Crippen LogP contribution in [0.15, 0.2) is 47.4 Å². The summed E-state index contributed by atoms with van der Waals surface area (Å²) < 4.78 is 43.7. The van der Waals surface area contributed by atoms with E-state index in [1.165, 1.54) is 36.4 Å². The van der Waals surface area contributed by atoms with Gasteiger partial charge in [-0.05, 0) is 97.2 Å². The zero-order valence-corrected chi connectivity index (χ0v) is 24.1. The van der Waals surface area contributed by atoms with E-state index in [-0.39, 0.29) is 28.8 Å². The highest BCUT2D eigenvalue weighted by molar-refractivity contribution is 14.1. The van der Waals surface area contributed by atoms with Crippen LogP contribution in [-0.2, 0) is 19.6 Å². The normalized spacial score (nSPS) is 13.3. The van der Waals surface area contributed by atoms with Gasteiger partial charge in [-0.15, -0.1) is 0 Å². The van der Waals surface area contributed by atoms with Gasteiger partial charge >= 0.3 is 5.97 Å². The van der Waals surface area contributed by atoms with Crippen molar-refractivity contribution in [2.75, 3.05) is 4.31 Å². The summed E-state index contributed by atoms with van der Waals surface area (Å²) in [7, 11) is -4.11. The molecule has 36 heavy (non-hydrogen) atoms. The van der Waals surface area contributed by atoms with Gasteiger partial charge < -0.3 is 10.4 Å². The van der Waals surface area contributed by atoms with Crippen LogP contribution in [0.5, 0.6) is 0 Å². The van der Waals surface area contributed by atoms with E-state index in [0.717, 1.165) is 4.31 Å². The first-order valence-electron chi connectivity index (χ1n) is 11.6. The fourth-order valence-electron chi connectivity index (χ4n) is 3.78. The number of anilines is 1. The average Bonchev–Trinajstić information content (AvgIpc) is 2.78. The lowest BCUT2D eigenvalue weighted by molar-refractivity contribution is -0.142. The number of carbonyl (C=O) groups excluding carboxylic acids is 1. The minimum Gasteiger partial charge on any atom is -0.480 e. The van der Waals surface area contributed by atoms with Gasteiger partial charge in [-0.1, -0.05) is 31.9 Å². The number of nitrogens with one attached hydrogen (secondary N) is 1. The fraction of sp³-hybridized carbons (Fsp3) is 0.440. The zero-order chi connectivity index (χ0) is 27.0. The summed E-state index contributed by atoms with van der Waals surface area (Å²) in [5.74, 6) is -2.00. The van der Waals surface area contributed by atoms with Crippen molar-refractivity contribution in [2.24, 2.45) is 5.92 Å². The molecule has 2 rings (SSSR count). The third kappa shape index (κ3) is 8.58. The Morgan fingerprint density at radius 1 is 1.11 bits per heavy atom. The van der Waals surface area contributed by atoms with Crippen LogP contribution in [0, 0.1) is 15.3 Å². The molecular formula is C25H31ClFIN2O5S. The van der Waals surface area contributed by atoms with Crippen LogP contribution in [0.4, 0.5) is 10.1 Å². The number of rotatable bonds is 13. The Hall–Kier alpha value is -1.92. The van der Waals surface area contributed by atoms with Crippen molar-refractivity contribution in [1.29, 1.82) is 0 Å². The van der Waals surface area contributed by atoms with Gasteiger partial charge in [-0.2, -0.15) is 0 Å². The fourth-order valence-corrected chi connectivity index (χ4v) is 6.07. The highest BCUT2D eigenvalue weighted by Crippen LogP contribution is 2.32. The maximum atomic E-state index is 14.8. The van der Waals surface area contributed by atoms with E-state index in [9.17, 15) is 27.5 Å². The number of hydrogen-bond donors (Lipinski definition) is 2. The predicted octanol–water partition coefficient (Wildman–Crippen LogP) is 5.84. The van der Waals surface area contributed by atoms with Crippen LogP contribution >= 0.6 is 34.2 Å². The molecule has 0 aromatic heterocycles. The summed E-state index contributed by atoms with van der Waals surface area (Å²) in [5, 5.41) is 12.2. The predicted molar refractivity (Wildman–Crippen MR) is 147 cm³/mol. The third-order valence-electron chi connectivity index (χ3n) is 5.53. The molecule has 198 valence electrons. The molecule has 0 aliphatic heterocycles. The van der Waals surface area contributed by atoms with Crippen LogP contribution in [0.25, 0.3) is 0 Å². The number of carbonyl (C=O) groups is 2. The highest BCUT2D eigenvalue weighted by atomic mass is 127. The quantitative estimate of drug-likeness (QED) is 0.209. The maximum Gasteiger partial charge on any atom is 0.326 e. The van der Waals surface area contributed by atoms with Crippen molar-refractivity contribution in [3.05, 3.63) is 56.9 Å². The lowest BCUT2D eigenvalue weighted by atomic mass is 10.0. The SMILES string of the molecule is CC(C)CC(NC(=O)CCCCC(C)N(c1cc(I)ccc1F)S(=O)(=O)c1ccc(Cl)cc1)C(=O)O. The Morgan fingerprint density at radius 3 is 2.33 bits per heavy atom. The average molecular weight is 653 g/mol. The molecule has 0 bridgehead atoms. The molecular weight excluding hydrogens is 622 g/mol. The standard InChI is InChI=1S/C25H31ClFIN2O5S/c1-16(2)14-22(25(32)33)29-24(31)7-5-4-6-17(3)30(23-15-19(28)10-13-21(23)27)36(34,35)20-11-8-18(26)9-12-20/h8-13,15-17,22H,4-7,14H2,1-3H3,(H,29,31)(H,32,33). The number of sulfonamides is 1.